The number of unbranched alkanes of at least 4 members (excludes halogenated alkanes) is 4. The molecule has 0 aromatic heterocycles. The SMILES string of the molecule is CCCCOC[C@H]1O[C@@H](c2ccc(Cl)c(CBr)c2)[C@H](OCCCC)[C@@H](OCCCC)[C@@H]1OCCCC. The highest BCUT2D eigenvalue weighted by atomic mass is 79.9. The molecule has 5 nitrogen and oxygen atoms in total. The molecule has 0 saturated carbocycles. The molecule has 1 aliphatic heterocycles. The molecular formula is C29H48BrClO5. The van der Waals surface area contributed by atoms with Crippen LogP contribution in [0.5, 0.6) is 0 Å². The summed E-state index contributed by atoms with van der Waals surface area (Å²) in [7, 11) is 0. The smallest absolute Gasteiger partial charge is 0.117 e. The largest absolute Gasteiger partial charge is 0.379 e. The lowest BCUT2D eigenvalue weighted by atomic mass is 9.90. The highest BCUT2D eigenvalue weighted by Gasteiger charge is 2.48. The second-order valence-corrected chi connectivity index (χ2v) is 10.5. The number of hydrogen-bond donors (Lipinski definition) is 0. The van der Waals surface area contributed by atoms with Gasteiger partial charge in [-0.25, -0.2) is 0 Å². The van der Waals surface area contributed by atoms with Gasteiger partial charge in [0.15, 0.2) is 0 Å². The van der Waals surface area contributed by atoms with Crippen molar-refractivity contribution in [3.05, 3.63) is 34.3 Å². The van der Waals surface area contributed by atoms with Crippen molar-refractivity contribution in [2.75, 3.05) is 33.0 Å². The Kier molecular flexibility index (Phi) is 16.8. The van der Waals surface area contributed by atoms with Crippen molar-refractivity contribution in [2.45, 2.75) is 115 Å². The van der Waals surface area contributed by atoms with Crippen molar-refractivity contribution in [2.24, 2.45) is 0 Å². The molecule has 0 N–H and O–H groups in total. The molecule has 36 heavy (non-hydrogen) atoms. The first-order chi connectivity index (χ1) is 17.6. The summed E-state index contributed by atoms with van der Waals surface area (Å²) >= 11 is 10.0. The van der Waals surface area contributed by atoms with E-state index in [-0.39, 0.29) is 30.5 Å². The number of hydrogen-bond acceptors (Lipinski definition) is 5. The molecule has 208 valence electrons. The van der Waals surface area contributed by atoms with E-state index in [1.165, 1.54) is 0 Å². The summed E-state index contributed by atoms with van der Waals surface area (Å²) in [6.45, 7) is 11.9. The van der Waals surface area contributed by atoms with Gasteiger partial charge in [-0.05, 0) is 42.9 Å². The van der Waals surface area contributed by atoms with Crippen LogP contribution < -0.4 is 0 Å². The molecule has 0 amide bonds. The van der Waals surface area contributed by atoms with E-state index in [0.29, 0.717) is 31.8 Å². The normalized spacial score (nSPS) is 24.3. The Morgan fingerprint density at radius 1 is 0.778 bits per heavy atom. The minimum absolute atomic E-state index is 0.244. The summed E-state index contributed by atoms with van der Waals surface area (Å²) in [5.41, 5.74) is 2.08. The van der Waals surface area contributed by atoms with Crippen molar-refractivity contribution < 1.29 is 23.7 Å². The maximum Gasteiger partial charge on any atom is 0.117 e. The lowest BCUT2D eigenvalue weighted by Crippen LogP contribution is -2.58. The number of rotatable bonds is 19. The summed E-state index contributed by atoms with van der Waals surface area (Å²) in [6, 6.07) is 6.11. The molecular weight excluding hydrogens is 544 g/mol. The maximum atomic E-state index is 6.80. The fraction of sp³-hybridized carbons (Fsp3) is 0.793. The Morgan fingerprint density at radius 3 is 1.92 bits per heavy atom. The van der Waals surface area contributed by atoms with E-state index >= 15 is 0 Å². The zero-order valence-electron chi connectivity index (χ0n) is 22.8. The van der Waals surface area contributed by atoms with Gasteiger partial charge < -0.3 is 23.7 Å². The third-order valence-corrected chi connectivity index (χ3v) is 7.50. The maximum absolute atomic E-state index is 6.80. The topological polar surface area (TPSA) is 46.2 Å². The Morgan fingerprint density at radius 2 is 1.33 bits per heavy atom. The molecule has 0 radical (unpaired) electrons. The predicted octanol–water partition coefficient (Wildman–Crippen LogP) is 8.05. The van der Waals surface area contributed by atoms with Crippen LogP contribution in [0, 0.1) is 0 Å². The van der Waals surface area contributed by atoms with Gasteiger partial charge in [0, 0.05) is 36.8 Å². The molecule has 0 aliphatic carbocycles. The van der Waals surface area contributed by atoms with Gasteiger partial charge in [0.2, 0.25) is 0 Å². The second kappa shape index (κ2) is 18.9. The first-order valence-electron chi connectivity index (χ1n) is 14.0. The number of benzene rings is 1. The fourth-order valence-electron chi connectivity index (χ4n) is 4.30. The van der Waals surface area contributed by atoms with Gasteiger partial charge in [-0.1, -0.05) is 93.0 Å². The first kappa shape index (κ1) is 32.0. The number of halogens is 2. The van der Waals surface area contributed by atoms with E-state index in [1.807, 2.05) is 12.1 Å². The van der Waals surface area contributed by atoms with Crippen LogP contribution in [0.25, 0.3) is 0 Å². The minimum Gasteiger partial charge on any atom is -0.379 e. The monoisotopic (exact) mass is 590 g/mol. The summed E-state index contributed by atoms with van der Waals surface area (Å²) in [6.07, 6.45) is 7.01. The minimum atomic E-state index is -0.297. The van der Waals surface area contributed by atoms with Crippen LogP contribution in [0.1, 0.15) is 96.3 Å². The van der Waals surface area contributed by atoms with Gasteiger partial charge in [-0.2, -0.15) is 0 Å². The molecule has 0 unspecified atom stereocenters. The van der Waals surface area contributed by atoms with Crippen molar-refractivity contribution >= 4 is 27.5 Å². The predicted molar refractivity (Wildman–Crippen MR) is 151 cm³/mol. The molecule has 2 rings (SSSR count). The van der Waals surface area contributed by atoms with Gasteiger partial charge in [-0.3, -0.25) is 0 Å². The number of ether oxygens (including phenoxy) is 5. The average molecular weight is 592 g/mol. The Bertz CT molecular complexity index is 706. The van der Waals surface area contributed by atoms with E-state index in [4.69, 9.17) is 35.3 Å². The quantitative estimate of drug-likeness (QED) is 0.120. The third-order valence-electron chi connectivity index (χ3n) is 6.53. The van der Waals surface area contributed by atoms with E-state index in [2.05, 4.69) is 49.7 Å². The molecule has 1 heterocycles. The van der Waals surface area contributed by atoms with Gasteiger partial charge in [0.05, 0.1) is 6.61 Å². The summed E-state index contributed by atoms with van der Waals surface area (Å²) in [4.78, 5) is 0. The van der Waals surface area contributed by atoms with Gasteiger partial charge in [-0.15, -0.1) is 0 Å². The summed E-state index contributed by atoms with van der Waals surface area (Å²) in [5.74, 6) is 0. The lowest BCUT2D eigenvalue weighted by molar-refractivity contribution is -0.268. The fourth-order valence-corrected chi connectivity index (χ4v) is 5.11. The van der Waals surface area contributed by atoms with Crippen LogP contribution in [0.4, 0.5) is 0 Å². The molecule has 0 bridgehead atoms. The Hall–Kier alpha value is -0.210. The molecule has 1 fully saturated rings. The van der Waals surface area contributed by atoms with Gasteiger partial charge in [0.25, 0.3) is 0 Å². The van der Waals surface area contributed by atoms with Crippen molar-refractivity contribution in [3.8, 4) is 0 Å². The Labute approximate surface area is 233 Å². The highest BCUT2D eigenvalue weighted by Crippen LogP contribution is 2.39. The lowest BCUT2D eigenvalue weighted by Gasteiger charge is -2.46. The van der Waals surface area contributed by atoms with E-state index in [9.17, 15) is 0 Å². The standard InChI is InChI=1S/C29H48BrClO5/c1-5-9-15-32-21-25-27(33-16-10-6-2)29(35-18-12-8-4)28(34-17-11-7-3)26(36-25)22-13-14-24(31)23(19-22)20-30/h13-14,19,25-29H,5-12,15-18,20-21H2,1-4H3/t25-,26+,27-,28+,29+/m1/s1. The van der Waals surface area contributed by atoms with Crippen molar-refractivity contribution in [1.82, 2.24) is 0 Å². The molecule has 1 saturated heterocycles. The average Bonchev–Trinajstić information content (AvgIpc) is 2.89. The van der Waals surface area contributed by atoms with E-state index in [0.717, 1.165) is 74.1 Å². The Balaban J connectivity index is 2.42. The van der Waals surface area contributed by atoms with Crippen LogP contribution in [-0.4, -0.2) is 57.5 Å². The van der Waals surface area contributed by atoms with E-state index in [1.54, 1.807) is 0 Å². The van der Waals surface area contributed by atoms with Crippen LogP contribution in [0.2, 0.25) is 5.02 Å². The van der Waals surface area contributed by atoms with Crippen LogP contribution >= 0.6 is 27.5 Å². The molecule has 1 aromatic carbocycles. The molecule has 0 spiro atoms. The van der Waals surface area contributed by atoms with Gasteiger partial charge in [0.1, 0.15) is 30.5 Å². The third kappa shape index (κ3) is 10.2. The molecule has 1 aliphatic rings. The van der Waals surface area contributed by atoms with Crippen molar-refractivity contribution in [3.63, 3.8) is 0 Å². The van der Waals surface area contributed by atoms with Gasteiger partial charge >= 0.3 is 0 Å². The van der Waals surface area contributed by atoms with Crippen molar-refractivity contribution in [1.29, 1.82) is 0 Å². The first-order valence-corrected chi connectivity index (χ1v) is 15.5. The van der Waals surface area contributed by atoms with Crippen LogP contribution in [0.3, 0.4) is 0 Å². The molecule has 1 aromatic rings. The highest BCUT2D eigenvalue weighted by molar-refractivity contribution is 9.08. The zero-order chi connectivity index (χ0) is 26.2. The summed E-state index contributed by atoms with van der Waals surface area (Å²) in [5, 5.41) is 1.42. The summed E-state index contributed by atoms with van der Waals surface area (Å²) < 4.78 is 32.5. The second-order valence-electron chi connectivity index (χ2n) is 9.57. The zero-order valence-corrected chi connectivity index (χ0v) is 25.2. The van der Waals surface area contributed by atoms with E-state index < -0.39 is 0 Å². The molecule has 7 heteroatoms. The molecule has 5 atom stereocenters. The van der Waals surface area contributed by atoms with Crippen LogP contribution in [0.15, 0.2) is 18.2 Å². The van der Waals surface area contributed by atoms with Crippen LogP contribution in [-0.2, 0) is 29.0 Å². The number of alkyl halides is 1.